The predicted molar refractivity (Wildman–Crippen MR) is 88.3 cm³/mol. The number of hydrogen-bond donors (Lipinski definition) is 2. The third kappa shape index (κ3) is 3.57. The lowest BCUT2D eigenvalue weighted by atomic mass is 10.0. The normalized spacial score (nSPS) is 11.9. The fourth-order valence-corrected chi connectivity index (χ4v) is 2.50. The predicted octanol–water partition coefficient (Wildman–Crippen LogP) is 3.29. The van der Waals surface area contributed by atoms with E-state index >= 15 is 0 Å². The summed E-state index contributed by atoms with van der Waals surface area (Å²) in [4.78, 5) is 16.8. The minimum absolute atomic E-state index is 0.273. The van der Waals surface area contributed by atoms with Crippen molar-refractivity contribution in [3.63, 3.8) is 0 Å². The Kier molecular flexibility index (Phi) is 4.39. The van der Waals surface area contributed by atoms with Crippen molar-refractivity contribution in [2.45, 2.75) is 13.0 Å². The van der Waals surface area contributed by atoms with Crippen molar-refractivity contribution in [1.29, 1.82) is 0 Å². The molecule has 0 saturated carbocycles. The van der Waals surface area contributed by atoms with Crippen molar-refractivity contribution in [2.24, 2.45) is 0 Å². The van der Waals surface area contributed by atoms with E-state index in [1.807, 2.05) is 43.3 Å². The third-order valence-corrected chi connectivity index (χ3v) is 3.61. The number of H-pyrrole nitrogens is 1. The van der Waals surface area contributed by atoms with Crippen LogP contribution in [-0.2, 0) is 0 Å². The first-order valence-corrected chi connectivity index (χ1v) is 7.50. The van der Waals surface area contributed by atoms with Crippen LogP contribution in [0.25, 0.3) is 0 Å². The molecule has 3 aromatic rings. The molecule has 2 heterocycles. The lowest BCUT2D eigenvalue weighted by molar-refractivity contribution is 0.0937. The smallest absolute Gasteiger partial charge is 0.272 e. The zero-order valence-electron chi connectivity index (χ0n) is 12.5. The van der Waals surface area contributed by atoms with Gasteiger partial charge in [0.1, 0.15) is 5.69 Å². The molecule has 0 saturated heterocycles. The number of pyridine rings is 1. The number of aromatic nitrogens is 3. The van der Waals surface area contributed by atoms with Gasteiger partial charge in [-0.15, -0.1) is 0 Å². The summed E-state index contributed by atoms with van der Waals surface area (Å²) in [5, 5.41) is 10.3. The molecular weight excluding hydrogens is 312 g/mol. The highest BCUT2D eigenvalue weighted by Gasteiger charge is 2.20. The third-order valence-electron chi connectivity index (χ3n) is 3.38. The zero-order chi connectivity index (χ0) is 16.2. The Morgan fingerprint density at radius 3 is 2.74 bits per heavy atom. The molecule has 2 N–H and O–H groups in total. The van der Waals surface area contributed by atoms with Crippen LogP contribution in [0.4, 0.5) is 0 Å². The van der Waals surface area contributed by atoms with E-state index in [1.54, 1.807) is 18.3 Å². The number of aromatic amines is 1. The van der Waals surface area contributed by atoms with Crippen LogP contribution in [0.2, 0.25) is 5.02 Å². The second kappa shape index (κ2) is 6.62. The summed E-state index contributed by atoms with van der Waals surface area (Å²) in [5.41, 5.74) is 2.75. The van der Waals surface area contributed by atoms with E-state index in [4.69, 9.17) is 11.6 Å². The van der Waals surface area contributed by atoms with E-state index in [0.29, 0.717) is 10.7 Å². The van der Waals surface area contributed by atoms with Gasteiger partial charge in [-0.3, -0.25) is 14.9 Å². The summed E-state index contributed by atoms with van der Waals surface area (Å²) in [7, 11) is 0. The molecule has 2 aromatic heterocycles. The van der Waals surface area contributed by atoms with E-state index in [2.05, 4.69) is 20.5 Å². The van der Waals surface area contributed by atoms with Gasteiger partial charge in [-0.25, -0.2) is 0 Å². The highest BCUT2D eigenvalue weighted by molar-refractivity contribution is 6.30. The van der Waals surface area contributed by atoms with Gasteiger partial charge in [-0.1, -0.05) is 29.8 Å². The van der Waals surface area contributed by atoms with Gasteiger partial charge >= 0.3 is 0 Å². The molecule has 0 aliphatic heterocycles. The van der Waals surface area contributed by atoms with Gasteiger partial charge in [-0.2, -0.15) is 5.10 Å². The molecule has 1 aromatic carbocycles. The Balaban J connectivity index is 1.94. The molecular formula is C17H15ClN4O. The number of amides is 1. The van der Waals surface area contributed by atoms with E-state index in [-0.39, 0.29) is 5.91 Å². The quantitative estimate of drug-likeness (QED) is 0.773. The van der Waals surface area contributed by atoms with Crippen molar-refractivity contribution in [3.8, 4) is 0 Å². The van der Waals surface area contributed by atoms with E-state index in [0.717, 1.165) is 17.0 Å². The van der Waals surface area contributed by atoms with Crippen molar-refractivity contribution >= 4 is 17.5 Å². The van der Waals surface area contributed by atoms with Gasteiger partial charge in [-0.05, 0) is 42.8 Å². The number of carbonyl (C=O) groups excluding carboxylic acids is 1. The maximum absolute atomic E-state index is 12.4. The standard InChI is InChI=1S/C17H15ClN4O/c1-11-9-15(22-21-11)17(23)20-16(14-7-2-3-8-19-14)12-5-4-6-13(18)10-12/h2-10,16H,1H3,(H,20,23)(H,21,22)/t16-/m1/s1. The van der Waals surface area contributed by atoms with Crippen LogP contribution in [0.1, 0.15) is 33.5 Å². The second-order valence-electron chi connectivity index (χ2n) is 5.15. The Morgan fingerprint density at radius 2 is 2.09 bits per heavy atom. The average molecular weight is 327 g/mol. The Hall–Kier alpha value is -2.66. The van der Waals surface area contributed by atoms with E-state index in [9.17, 15) is 4.79 Å². The van der Waals surface area contributed by atoms with Crippen LogP contribution in [0.15, 0.2) is 54.7 Å². The minimum atomic E-state index is -0.403. The van der Waals surface area contributed by atoms with E-state index < -0.39 is 6.04 Å². The summed E-state index contributed by atoms with van der Waals surface area (Å²) >= 11 is 6.08. The van der Waals surface area contributed by atoms with Crippen molar-refractivity contribution in [2.75, 3.05) is 0 Å². The molecule has 3 rings (SSSR count). The fraction of sp³-hybridized carbons (Fsp3) is 0.118. The summed E-state index contributed by atoms with van der Waals surface area (Å²) in [6.45, 7) is 1.84. The molecule has 0 spiro atoms. The molecule has 0 radical (unpaired) electrons. The number of benzene rings is 1. The van der Waals surface area contributed by atoms with Crippen LogP contribution in [0.5, 0.6) is 0 Å². The van der Waals surface area contributed by atoms with Crippen LogP contribution in [0, 0.1) is 6.92 Å². The van der Waals surface area contributed by atoms with Gasteiger partial charge in [0.05, 0.1) is 11.7 Å². The number of rotatable bonds is 4. The number of nitrogens with one attached hydrogen (secondary N) is 2. The van der Waals surface area contributed by atoms with Crippen LogP contribution < -0.4 is 5.32 Å². The molecule has 23 heavy (non-hydrogen) atoms. The summed E-state index contributed by atoms with van der Waals surface area (Å²) < 4.78 is 0. The number of carbonyl (C=O) groups is 1. The van der Waals surface area contributed by atoms with Crippen LogP contribution >= 0.6 is 11.6 Å². The first kappa shape index (κ1) is 15.2. The molecule has 116 valence electrons. The van der Waals surface area contributed by atoms with E-state index in [1.165, 1.54) is 0 Å². The van der Waals surface area contributed by atoms with Gasteiger partial charge < -0.3 is 5.32 Å². The maximum Gasteiger partial charge on any atom is 0.272 e. The number of nitrogens with zero attached hydrogens (tertiary/aromatic N) is 2. The first-order chi connectivity index (χ1) is 11.1. The molecule has 1 amide bonds. The molecule has 0 aliphatic carbocycles. The molecule has 6 heteroatoms. The Bertz CT molecular complexity index is 816. The molecule has 0 bridgehead atoms. The fourth-order valence-electron chi connectivity index (χ4n) is 2.30. The second-order valence-corrected chi connectivity index (χ2v) is 5.59. The zero-order valence-corrected chi connectivity index (χ0v) is 13.2. The molecule has 0 unspecified atom stereocenters. The molecule has 1 atom stereocenters. The Morgan fingerprint density at radius 1 is 1.22 bits per heavy atom. The Labute approximate surface area is 138 Å². The molecule has 0 aliphatic rings. The maximum atomic E-state index is 12.4. The lowest BCUT2D eigenvalue weighted by Gasteiger charge is -2.18. The van der Waals surface area contributed by atoms with Crippen molar-refractivity contribution in [1.82, 2.24) is 20.5 Å². The highest BCUT2D eigenvalue weighted by atomic mass is 35.5. The monoisotopic (exact) mass is 326 g/mol. The lowest BCUT2D eigenvalue weighted by Crippen LogP contribution is -2.30. The minimum Gasteiger partial charge on any atom is -0.338 e. The molecule has 0 fully saturated rings. The number of aryl methyl sites for hydroxylation is 1. The van der Waals surface area contributed by atoms with Gasteiger partial charge in [0.2, 0.25) is 0 Å². The van der Waals surface area contributed by atoms with Gasteiger partial charge in [0.25, 0.3) is 5.91 Å². The van der Waals surface area contributed by atoms with Crippen molar-refractivity contribution in [3.05, 3.63) is 82.4 Å². The van der Waals surface area contributed by atoms with Gasteiger partial charge in [0, 0.05) is 16.9 Å². The average Bonchev–Trinajstić information content (AvgIpc) is 3.00. The first-order valence-electron chi connectivity index (χ1n) is 7.13. The van der Waals surface area contributed by atoms with Gasteiger partial charge in [0.15, 0.2) is 0 Å². The van der Waals surface area contributed by atoms with Crippen LogP contribution in [-0.4, -0.2) is 21.1 Å². The number of halogens is 1. The van der Waals surface area contributed by atoms with Crippen LogP contribution in [0.3, 0.4) is 0 Å². The number of hydrogen-bond acceptors (Lipinski definition) is 3. The SMILES string of the molecule is Cc1cc(C(=O)N[C@H](c2cccc(Cl)c2)c2ccccn2)n[nH]1. The summed E-state index contributed by atoms with van der Waals surface area (Å²) in [6, 6.07) is 14.2. The highest BCUT2D eigenvalue weighted by Crippen LogP contribution is 2.23. The largest absolute Gasteiger partial charge is 0.338 e. The summed E-state index contributed by atoms with van der Waals surface area (Å²) in [5.74, 6) is -0.273. The van der Waals surface area contributed by atoms with Crippen molar-refractivity contribution < 1.29 is 4.79 Å². The topological polar surface area (TPSA) is 70.7 Å². The summed E-state index contributed by atoms with van der Waals surface area (Å²) in [6.07, 6.45) is 1.69. The molecule has 5 nitrogen and oxygen atoms in total.